The Morgan fingerprint density at radius 1 is 0.958 bits per heavy atom. The number of carbonyl (C=O) groups excluding carboxylic acids is 1. The van der Waals surface area contributed by atoms with E-state index < -0.39 is 5.41 Å². The number of piperidine rings is 1. The van der Waals surface area contributed by atoms with Crippen molar-refractivity contribution in [1.82, 2.24) is 19.4 Å². The van der Waals surface area contributed by atoms with Gasteiger partial charge in [0.05, 0.1) is 30.1 Å². The summed E-state index contributed by atoms with van der Waals surface area (Å²) >= 11 is 0. The average molecular weight is 650 g/mol. The van der Waals surface area contributed by atoms with Gasteiger partial charge in [0, 0.05) is 37.8 Å². The van der Waals surface area contributed by atoms with Crippen molar-refractivity contribution in [2.45, 2.75) is 58.2 Å². The van der Waals surface area contributed by atoms with Crippen LogP contribution in [0.25, 0.3) is 11.0 Å². The highest BCUT2D eigenvalue weighted by Crippen LogP contribution is 2.40. The van der Waals surface area contributed by atoms with Crippen molar-refractivity contribution in [3.63, 3.8) is 0 Å². The van der Waals surface area contributed by atoms with E-state index in [4.69, 9.17) is 14.1 Å². The summed E-state index contributed by atoms with van der Waals surface area (Å²) in [7, 11) is 1.67. The first-order valence-corrected chi connectivity index (χ1v) is 17.0. The highest BCUT2D eigenvalue weighted by Gasteiger charge is 2.46. The topological polar surface area (TPSA) is 75.8 Å². The molecule has 4 heterocycles. The lowest BCUT2D eigenvalue weighted by molar-refractivity contribution is -0.137. The molecule has 0 bridgehead atoms. The average Bonchev–Trinajstić information content (AvgIpc) is 3.77. The number of rotatable bonds is 12. The van der Waals surface area contributed by atoms with Crippen molar-refractivity contribution in [3.05, 3.63) is 113 Å². The fourth-order valence-corrected chi connectivity index (χ4v) is 7.49. The summed E-state index contributed by atoms with van der Waals surface area (Å²) in [5, 5.41) is 3.76. The van der Waals surface area contributed by atoms with Crippen LogP contribution >= 0.6 is 0 Å². The zero-order chi connectivity index (χ0) is 33.1. The molecule has 0 aliphatic carbocycles. The number of anilines is 1. The number of nitrogens with one attached hydrogen (secondary N) is 1. The monoisotopic (exact) mass is 649 g/mol. The number of carbonyl (C=O) groups is 1. The summed E-state index contributed by atoms with van der Waals surface area (Å²) in [5.74, 6) is 3.40. The van der Waals surface area contributed by atoms with Crippen molar-refractivity contribution < 1.29 is 18.3 Å². The van der Waals surface area contributed by atoms with E-state index >= 15 is 0 Å². The maximum absolute atomic E-state index is 14.2. The van der Waals surface area contributed by atoms with E-state index in [9.17, 15) is 9.18 Å². The fraction of sp³-hybridized carbons (Fsp3) is 0.385. The van der Waals surface area contributed by atoms with Crippen molar-refractivity contribution in [2.75, 3.05) is 38.6 Å². The first kappa shape index (κ1) is 31.9. The molecule has 3 aromatic carbocycles. The molecule has 2 saturated heterocycles. The van der Waals surface area contributed by atoms with Gasteiger partial charge in [-0.1, -0.05) is 42.5 Å². The van der Waals surface area contributed by atoms with E-state index in [1.807, 2.05) is 72.5 Å². The largest absolute Gasteiger partial charge is 0.496 e. The highest BCUT2D eigenvalue weighted by molar-refractivity contribution is 5.85. The smallest absolute Gasteiger partial charge is 0.229 e. The normalized spacial score (nSPS) is 19.0. The number of ether oxygens (including phenoxy) is 1. The number of benzene rings is 3. The molecule has 9 heteroatoms. The molecule has 1 amide bonds. The lowest BCUT2D eigenvalue weighted by Gasteiger charge is -2.35. The number of fused-ring (bicyclic) bond motifs is 1. The van der Waals surface area contributed by atoms with Gasteiger partial charge in [-0.05, 0) is 93.6 Å². The van der Waals surface area contributed by atoms with Gasteiger partial charge in [0.2, 0.25) is 11.9 Å². The SMILES string of the molecule is COc1ccccc1CN1CCC(CCN2CCC(Nc3nc4ccccc4n3Cc3ccc(C)o3)CC2)(Cc2ccc(F)cc2)C1=O. The van der Waals surface area contributed by atoms with Gasteiger partial charge >= 0.3 is 0 Å². The molecule has 0 spiro atoms. The number of halogens is 1. The molecule has 1 N–H and O–H groups in total. The minimum atomic E-state index is -0.524. The number of aryl methyl sites for hydroxylation is 1. The van der Waals surface area contributed by atoms with Crippen LogP contribution in [0.2, 0.25) is 0 Å². The van der Waals surface area contributed by atoms with Crippen LogP contribution < -0.4 is 10.1 Å². The van der Waals surface area contributed by atoms with E-state index in [0.29, 0.717) is 32.1 Å². The van der Waals surface area contributed by atoms with Gasteiger partial charge in [0.25, 0.3) is 0 Å². The van der Waals surface area contributed by atoms with Gasteiger partial charge < -0.3 is 28.8 Å². The Morgan fingerprint density at radius 3 is 2.50 bits per heavy atom. The molecule has 8 nitrogen and oxygen atoms in total. The van der Waals surface area contributed by atoms with Crippen LogP contribution in [0.1, 0.15) is 48.3 Å². The lowest BCUT2D eigenvalue weighted by atomic mass is 9.77. The minimum Gasteiger partial charge on any atom is -0.496 e. The van der Waals surface area contributed by atoms with Crippen LogP contribution in [0.15, 0.2) is 89.3 Å². The number of methoxy groups -OCH3 is 1. The van der Waals surface area contributed by atoms with Crippen LogP contribution in [0.3, 0.4) is 0 Å². The molecule has 2 aliphatic heterocycles. The third-order valence-corrected chi connectivity index (χ3v) is 10.2. The molecule has 5 aromatic rings. The van der Waals surface area contributed by atoms with Crippen molar-refractivity contribution in [3.8, 4) is 5.75 Å². The minimum absolute atomic E-state index is 0.180. The number of likely N-dealkylation sites (tertiary alicyclic amines) is 2. The van der Waals surface area contributed by atoms with Gasteiger partial charge in [-0.3, -0.25) is 4.79 Å². The van der Waals surface area contributed by atoms with E-state index in [1.165, 1.54) is 12.1 Å². The van der Waals surface area contributed by atoms with Crippen LogP contribution in [-0.2, 0) is 24.3 Å². The van der Waals surface area contributed by atoms with Gasteiger partial charge in [0.15, 0.2) is 0 Å². The number of hydrogen-bond acceptors (Lipinski definition) is 6. The third-order valence-electron chi connectivity index (χ3n) is 10.2. The Labute approximate surface area is 281 Å². The maximum Gasteiger partial charge on any atom is 0.229 e. The molecule has 0 radical (unpaired) electrons. The molecule has 0 saturated carbocycles. The second-order valence-electron chi connectivity index (χ2n) is 13.4. The Morgan fingerprint density at radius 2 is 1.73 bits per heavy atom. The van der Waals surface area contributed by atoms with E-state index in [1.54, 1.807) is 7.11 Å². The maximum atomic E-state index is 14.2. The molecule has 2 aromatic heterocycles. The molecule has 7 rings (SSSR count). The Bertz CT molecular complexity index is 1860. The molecule has 48 heavy (non-hydrogen) atoms. The van der Waals surface area contributed by atoms with Crippen LogP contribution in [0.5, 0.6) is 5.75 Å². The van der Waals surface area contributed by atoms with Crippen LogP contribution in [0.4, 0.5) is 10.3 Å². The van der Waals surface area contributed by atoms with Crippen molar-refractivity contribution >= 4 is 22.9 Å². The standard InChI is InChI=1S/C39H44FN5O3/c1-28-11-16-33(48-28)27-45-35-9-5-4-8-34(35)42-38(45)41-32-17-21-43(22-18-32)23-19-39(25-29-12-14-31(40)15-13-29)20-24-44(37(39)46)26-30-7-3-6-10-36(30)47-2/h3-16,32H,17-27H2,1-2H3,(H,41,42). The Balaban J connectivity index is 1.01. The van der Waals surface area contributed by atoms with E-state index in [0.717, 1.165) is 90.7 Å². The zero-order valence-electron chi connectivity index (χ0n) is 27.8. The summed E-state index contributed by atoms with van der Waals surface area (Å²) in [4.78, 5) is 23.7. The molecule has 250 valence electrons. The number of imidazole rings is 1. The Kier molecular flexibility index (Phi) is 9.21. The van der Waals surface area contributed by atoms with Gasteiger partial charge in [0.1, 0.15) is 23.1 Å². The van der Waals surface area contributed by atoms with Crippen LogP contribution in [-0.4, -0.2) is 64.6 Å². The van der Waals surface area contributed by atoms with Gasteiger partial charge in [-0.15, -0.1) is 0 Å². The van der Waals surface area contributed by atoms with Crippen molar-refractivity contribution in [2.24, 2.45) is 5.41 Å². The molecular weight excluding hydrogens is 605 g/mol. The number of hydrogen-bond donors (Lipinski definition) is 1. The number of aromatic nitrogens is 2. The van der Waals surface area contributed by atoms with Gasteiger partial charge in [-0.25, -0.2) is 9.37 Å². The molecular formula is C39H44FN5O3. The Hall–Kier alpha value is -4.63. The zero-order valence-corrected chi connectivity index (χ0v) is 27.8. The second-order valence-corrected chi connectivity index (χ2v) is 13.4. The fourth-order valence-electron chi connectivity index (χ4n) is 7.49. The number of amides is 1. The number of nitrogens with zero attached hydrogens (tertiary/aromatic N) is 4. The summed E-state index contributed by atoms with van der Waals surface area (Å²) < 4.78 is 27.5. The second kappa shape index (κ2) is 13.8. The molecule has 1 atom stereocenters. The quantitative estimate of drug-likeness (QED) is 0.156. The van der Waals surface area contributed by atoms with Gasteiger partial charge in [-0.2, -0.15) is 0 Å². The number of para-hydroxylation sites is 3. The molecule has 2 fully saturated rings. The highest BCUT2D eigenvalue weighted by atomic mass is 19.1. The first-order valence-electron chi connectivity index (χ1n) is 17.0. The van der Waals surface area contributed by atoms with E-state index in [-0.39, 0.29) is 11.7 Å². The summed E-state index contributed by atoms with van der Waals surface area (Å²) in [6, 6.07) is 27.1. The number of furan rings is 1. The predicted molar refractivity (Wildman–Crippen MR) is 186 cm³/mol. The predicted octanol–water partition coefficient (Wildman–Crippen LogP) is 7.06. The molecule has 2 aliphatic rings. The summed E-state index contributed by atoms with van der Waals surface area (Å²) in [6.45, 7) is 6.54. The summed E-state index contributed by atoms with van der Waals surface area (Å²) in [5.41, 5.74) is 3.53. The summed E-state index contributed by atoms with van der Waals surface area (Å²) in [6.07, 6.45) is 4.13. The van der Waals surface area contributed by atoms with Crippen LogP contribution in [0, 0.1) is 18.2 Å². The van der Waals surface area contributed by atoms with E-state index in [2.05, 4.69) is 26.9 Å². The first-order chi connectivity index (χ1) is 23.4. The molecule has 1 unspecified atom stereocenters. The van der Waals surface area contributed by atoms with Crippen molar-refractivity contribution in [1.29, 1.82) is 0 Å². The lowest BCUT2D eigenvalue weighted by Crippen LogP contribution is -2.43. The third kappa shape index (κ3) is 6.83.